The second kappa shape index (κ2) is 6.99. The van der Waals surface area contributed by atoms with Gasteiger partial charge in [-0.25, -0.2) is 0 Å². The predicted molar refractivity (Wildman–Crippen MR) is 61.2 cm³/mol. The summed E-state index contributed by atoms with van der Waals surface area (Å²) in [6.45, 7) is 6.76. The van der Waals surface area contributed by atoms with Gasteiger partial charge < -0.3 is 5.73 Å². The Balaban J connectivity index is 3.33. The van der Waals surface area contributed by atoms with E-state index in [0.29, 0.717) is 5.78 Å². The lowest BCUT2D eigenvalue weighted by Gasteiger charge is -2.16. The van der Waals surface area contributed by atoms with Gasteiger partial charge in [-0.1, -0.05) is 40.0 Å². The molecular weight excluding hydrogens is 174 g/mol. The van der Waals surface area contributed by atoms with E-state index in [1.165, 1.54) is 19.3 Å². The molecule has 2 nitrogen and oxygen atoms in total. The third-order valence-electron chi connectivity index (χ3n) is 2.44. The zero-order chi connectivity index (χ0) is 11.0. The van der Waals surface area contributed by atoms with Crippen LogP contribution < -0.4 is 5.73 Å². The summed E-state index contributed by atoms with van der Waals surface area (Å²) >= 11 is 0. The summed E-state index contributed by atoms with van der Waals surface area (Å²) in [5.41, 5.74) is 5.24. The van der Waals surface area contributed by atoms with Crippen LogP contribution in [0.5, 0.6) is 0 Å². The molecule has 0 aliphatic heterocycles. The predicted octanol–water partition coefficient (Wildman–Crippen LogP) is 2.90. The van der Waals surface area contributed by atoms with Gasteiger partial charge in [0.15, 0.2) is 0 Å². The summed E-state index contributed by atoms with van der Waals surface area (Å²) < 4.78 is 0. The molecule has 0 unspecified atom stereocenters. The van der Waals surface area contributed by atoms with E-state index in [0.717, 1.165) is 25.8 Å². The Kier molecular flexibility index (Phi) is 6.81. The summed E-state index contributed by atoms with van der Waals surface area (Å²) in [6.07, 6.45) is 6.50. The molecule has 84 valence electrons. The first-order chi connectivity index (χ1) is 6.48. The third kappa shape index (κ3) is 7.07. The average molecular weight is 199 g/mol. The van der Waals surface area contributed by atoms with Crippen LogP contribution >= 0.6 is 0 Å². The maximum Gasteiger partial charge on any atom is 0.138 e. The Morgan fingerprint density at radius 2 is 1.50 bits per heavy atom. The number of unbranched alkanes of at least 4 members (excludes halogenated alkanes) is 4. The Morgan fingerprint density at radius 1 is 1.00 bits per heavy atom. The van der Waals surface area contributed by atoms with Crippen LogP contribution in [0.15, 0.2) is 0 Å². The highest BCUT2D eigenvalue weighted by molar-refractivity contribution is 5.83. The number of nitrogens with two attached hydrogens (primary N) is 1. The van der Waals surface area contributed by atoms with E-state index in [4.69, 9.17) is 5.73 Å². The Labute approximate surface area is 88.3 Å². The number of ketones is 1. The van der Waals surface area contributed by atoms with Crippen LogP contribution in [0.1, 0.15) is 59.3 Å². The molecule has 0 rings (SSSR count). The minimum atomic E-state index is -0.155. The van der Waals surface area contributed by atoms with Crippen molar-refractivity contribution in [2.45, 2.75) is 59.3 Å². The monoisotopic (exact) mass is 199 g/mol. The molecule has 0 fully saturated rings. The van der Waals surface area contributed by atoms with Gasteiger partial charge in [0.05, 0.1) is 0 Å². The van der Waals surface area contributed by atoms with Crippen molar-refractivity contribution in [2.24, 2.45) is 11.1 Å². The van der Waals surface area contributed by atoms with Crippen LogP contribution in [0.2, 0.25) is 0 Å². The lowest BCUT2D eigenvalue weighted by atomic mass is 9.88. The molecule has 0 saturated heterocycles. The number of carbonyl (C=O) groups excluding carboxylic acids is 1. The Morgan fingerprint density at radius 3 is 2.00 bits per heavy atom. The van der Waals surface area contributed by atoms with Crippen LogP contribution in [-0.4, -0.2) is 12.3 Å². The molecule has 0 aromatic heterocycles. The smallest absolute Gasteiger partial charge is 0.138 e. The highest BCUT2D eigenvalue weighted by Gasteiger charge is 2.19. The fourth-order valence-corrected chi connectivity index (χ4v) is 1.34. The van der Waals surface area contributed by atoms with Gasteiger partial charge in [0.2, 0.25) is 0 Å². The molecule has 0 aromatic carbocycles. The largest absolute Gasteiger partial charge is 0.330 e. The third-order valence-corrected chi connectivity index (χ3v) is 2.44. The van der Waals surface area contributed by atoms with Crippen molar-refractivity contribution in [3.8, 4) is 0 Å². The molecule has 0 spiro atoms. The standard InChI is InChI=1S/C12H25NO/c1-12(2,3)11(14)9-7-5-4-6-8-10-13/h4-10,13H2,1-3H3. The molecule has 0 bridgehead atoms. The summed E-state index contributed by atoms with van der Waals surface area (Å²) in [6, 6.07) is 0. The molecular formula is C12H25NO. The zero-order valence-electron chi connectivity index (χ0n) is 9.94. The molecule has 14 heavy (non-hydrogen) atoms. The molecule has 0 atom stereocenters. The maximum atomic E-state index is 11.5. The van der Waals surface area contributed by atoms with Gasteiger partial charge in [0, 0.05) is 11.8 Å². The van der Waals surface area contributed by atoms with Crippen LogP contribution in [0.3, 0.4) is 0 Å². The maximum absolute atomic E-state index is 11.5. The molecule has 0 amide bonds. The fourth-order valence-electron chi connectivity index (χ4n) is 1.34. The van der Waals surface area contributed by atoms with E-state index >= 15 is 0 Å². The first-order valence-corrected chi connectivity index (χ1v) is 5.72. The lowest BCUT2D eigenvalue weighted by Crippen LogP contribution is -2.19. The minimum absolute atomic E-state index is 0.155. The summed E-state index contributed by atoms with van der Waals surface area (Å²) in [7, 11) is 0. The van der Waals surface area contributed by atoms with Crippen molar-refractivity contribution >= 4 is 5.78 Å². The Bertz CT molecular complexity index is 158. The molecule has 2 N–H and O–H groups in total. The van der Waals surface area contributed by atoms with Gasteiger partial charge in [-0.15, -0.1) is 0 Å². The first kappa shape index (κ1) is 13.6. The van der Waals surface area contributed by atoms with Crippen molar-refractivity contribution < 1.29 is 4.79 Å². The summed E-state index contributed by atoms with van der Waals surface area (Å²) in [5.74, 6) is 0.385. The van der Waals surface area contributed by atoms with Crippen LogP contribution in [0, 0.1) is 5.41 Å². The van der Waals surface area contributed by atoms with Crippen molar-refractivity contribution in [1.82, 2.24) is 0 Å². The van der Waals surface area contributed by atoms with Crippen LogP contribution in [-0.2, 0) is 4.79 Å². The molecule has 0 heterocycles. The number of hydrogen-bond acceptors (Lipinski definition) is 2. The van der Waals surface area contributed by atoms with E-state index in [1.807, 2.05) is 20.8 Å². The SMILES string of the molecule is CC(C)(C)C(=O)CCCCCCCN. The van der Waals surface area contributed by atoms with Gasteiger partial charge in [-0.3, -0.25) is 4.79 Å². The second-order valence-electron chi connectivity index (χ2n) is 4.98. The van der Waals surface area contributed by atoms with E-state index in [-0.39, 0.29) is 5.41 Å². The van der Waals surface area contributed by atoms with Crippen molar-refractivity contribution in [3.05, 3.63) is 0 Å². The van der Waals surface area contributed by atoms with Gasteiger partial charge in [0.25, 0.3) is 0 Å². The van der Waals surface area contributed by atoms with Crippen molar-refractivity contribution in [1.29, 1.82) is 0 Å². The van der Waals surface area contributed by atoms with Crippen molar-refractivity contribution in [2.75, 3.05) is 6.54 Å². The minimum Gasteiger partial charge on any atom is -0.330 e. The molecule has 0 aliphatic rings. The Hall–Kier alpha value is -0.370. The van der Waals surface area contributed by atoms with Crippen LogP contribution in [0.25, 0.3) is 0 Å². The van der Waals surface area contributed by atoms with Gasteiger partial charge in [0.1, 0.15) is 5.78 Å². The number of Topliss-reactive ketones (excluding diaryl/α,β-unsaturated/α-hetero) is 1. The van der Waals surface area contributed by atoms with Gasteiger partial charge in [-0.2, -0.15) is 0 Å². The summed E-state index contributed by atoms with van der Waals surface area (Å²) in [4.78, 5) is 11.5. The first-order valence-electron chi connectivity index (χ1n) is 5.72. The number of rotatable bonds is 7. The normalized spacial score (nSPS) is 11.7. The van der Waals surface area contributed by atoms with Crippen molar-refractivity contribution in [3.63, 3.8) is 0 Å². The van der Waals surface area contributed by atoms with Gasteiger partial charge in [-0.05, 0) is 19.4 Å². The second-order valence-corrected chi connectivity index (χ2v) is 4.98. The summed E-state index contributed by atoms with van der Waals surface area (Å²) in [5, 5.41) is 0. The highest BCUT2D eigenvalue weighted by Crippen LogP contribution is 2.18. The highest BCUT2D eigenvalue weighted by atomic mass is 16.1. The fraction of sp³-hybridized carbons (Fsp3) is 0.917. The average Bonchev–Trinajstić information content (AvgIpc) is 2.09. The van der Waals surface area contributed by atoms with Gasteiger partial charge >= 0.3 is 0 Å². The molecule has 0 aromatic rings. The van der Waals surface area contributed by atoms with Crippen LogP contribution in [0.4, 0.5) is 0 Å². The van der Waals surface area contributed by atoms with E-state index in [1.54, 1.807) is 0 Å². The lowest BCUT2D eigenvalue weighted by molar-refractivity contribution is -0.126. The topological polar surface area (TPSA) is 43.1 Å². The van der Waals surface area contributed by atoms with E-state index in [9.17, 15) is 4.79 Å². The number of carbonyl (C=O) groups is 1. The van der Waals surface area contributed by atoms with E-state index < -0.39 is 0 Å². The molecule has 0 radical (unpaired) electrons. The zero-order valence-corrected chi connectivity index (χ0v) is 9.94. The molecule has 0 saturated carbocycles. The quantitative estimate of drug-likeness (QED) is 0.641. The van der Waals surface area contributed by atoms with E-state index in [2.05, 4.69) is 0 Å². The number of hydrogen-bond donors (Lipinski definition) is 1. The molecule has 2 heteroatoms. The molecule has 0 aliphatic carbocycles.